The lowest BCUT2D eigenvalue weighted by Crippen LogP contribution is -2.19. The second kappa shape index (κ2) is 7.39. The number of anilines is 1. The van der Waals surface area contributed by atoms with Crippen LogP contribution in [0.3, 0.4) is 0 Å². The van der Waals surface area contributed by atoms with E-state index in [-0.39, 0.29) is 5.91 Å². The van der Waals surface area contributed by atoms with E-state index in [1.807, 2.05) is 12.1 Å². The van der Waals surface area contributed by atoms with E-state index < -0.39 is 0 Å². The molecular formula is C18H15Cl2N3O2S. The van der Waals surface area contributed by atoms with Crippen LogP contribution in [0, 0.1) is 0 Å². The maximum Gasteiger partial charge on any atom is 0.264 e. The summed E-state index contributed by atoms with van der Waals surface area (Å²) in [6.07, 6.45) is 4.09. The largest absolute Gasteiger partial charge is 0.441 e. The molecule has 1 aromatic heterocycles. The minimum Gasteiger partial charge on any atom is -0.441 e. The molecule has 0 saturated carbocycles. The van der Waals surface area contributed by atoms with Crippen molar-refractivity contribution in [2.24, 2.45) is 4.99 Å². The van der Waals surface area contributed by atoms with Gasteiger partial charge in [0.2, 0.25) is 0 Å². The number of halogens is 2. The molecule has 1 amide bonds. The van der Waals surface area contributed by atoms with Crippen molar-refractivity contribution in [2.45, 2.75) is 12.8 Å². The lowest BCUT2D eigenvalue weighted by atomic mass is 10.3. The van der Waals surface area contributed by atoms with Crippen molar-refractivity contribution in [1.29, 1.82) is 0 Å². The molecule has 0 bridgehead atoms. The molecule has 2 aromatic rings. The molecule has 0 aliphatic carbocycles. The monoisotopic (exact) mass is 407 g/mol. The molecule has 26 heavy (non-hydrogen) atoms. The third-order valence-electron chi connectivity index (χ3n) is 4.11. The summed E-state index contributed by atoms with van der Waals surface area (Å²) in [6, 6.07) is 9.00. The second-order valence-corrected chi connectivity index (χ2v) is 7.74. The van der Waals surface area contributed by atoms with Gasteiger partial charge in [0.1, 0.15) is 5.76 Å². The average molecular weight is 408 g/mol. The Morgan fingerprint density at radius 3 is 2.81 bits per heavy atom. The number of carbonyl (C=O) groups is 1. The standard InChI is InChI=1S/C18H15Cl2N3O2S/c19-12-4-3-5-13(16(12)20)21-18-22-17(24)14(26-18)10-11-6-7-15(25-11)23-8-1-2-9-23/h3-7,10H,1-2,8-9H2,(H,21,22,24)/b14-10+. The molecule has 1 aromatic carbocycles. The first-order valence-electron chi connectivity index (χ1n) is 8.18. The lowest BCUT2D eigenvalue weighted by Gasteiger charge is -2.12. The number of hydrogen-bond donors (Lipinski definition) is 1. The summed E-state index contributed by atoms with van der Waals surface area (Å²) in [5.41, 5.74) is 0.512. The van der Waals surface area contributed by atoms with Crippen LogP contribution >= 0.6 is 35.0 Å². The molecule has 3 heterocycles. The molecule has 2 saturated heterocycles. The van der Waals surface area contributed by atoms with Crippen molar-refractivity contribution in [2.75, 3.05) is 18.0 Å². The predicted molar refractivity (Wildman–Crippen MR) is 107 cm³/mol. The van der Waals surface area contributed by atoms with Gasteiger partial charge in [-0.1, -0.05) is 29.3 Å². The number of rotatable bonds is 3. The zero-order chi connectivity index (χ0) is 18.1. The summed E-state index contributed by atoms with van der Waals surface area (Å²) in [4.78, 5) is 19.3. The van der Waals surface area contributed by atoms with Gasteiger partial charge in [0.05, 0.1) is 20.6 Å². The van der Waals surface area contributed by atoms with Crippen molar-refractivity contribution in [3.63, 3.8) is 0 Å². The number of carbonyl (C=O) groups excluding carboxylic acids is 1. The Morgan fingerprint density at radius 2 is 2.00 bits per heavy atom. The van der Waals surface area contributed by atoms with Crippen LogP contribution in [0.15, 0.2) is 44.6 Å². The number of amidine groups is 1. The van der Waals surface area contributed by atoms with Gasteiger partial charge in [-0.2, -0.15) is 0 Å². The maximum atomic E-state index is 12.2. The maximum absolute atomic E-state index is 12.2. The third-order valence-corrected chi connectivity index (χ3v) is 5.83. The van der Waals surface area contributed by atoms with Gasteiger partial charge in [0, 0.05) is 25.2 Å². The van der Waals surface area contributed by atoms with Crippen LogP contribution < -0.4 is 10.2 Å². The highest BCUT2D eigenvalue weighted by atomic mass is 35.5. The van der Waals surface area contributed by atoms with E-state index in [1.54, 1.807) is 24.3 Å². The molecule has 0 unspecified atom stereocenters. The number of amides is 1. The van der Waals surface area contributed by atoms with E-state index in [0.717, 1.165) is 19.0 Å². The summed E-state index contributed by atoms with van der Waals surface area (Å²) < 4.78 is 5.84. The number of nitrogens with one attached hydrogen (secondary N) is 1. The number of thioether (sulfide) groups is 1. The Kier molecular flexibility index (Phi) is 4.98. The molecule has 8 heteroatoms. The second-order valence-electron chi connectivity index (χ2n) is 5.92. The van der Waals surface area contributed by atoms with E-state index in [4.69, 9.17) is 27.6 Å². The van der Waals surface area contributed by atoms with Gasteiger partial charge in [0.25, 0.3) is 5.91 Å². The van der Waals surface area contributed by atoms with Crippen LogP contribution in [0.2, 0.25) is 10.0 Å². The zero-order valence-electron chi connectivity index (χ0n) is 13.7. The molecule has 1 N–H and O–H groups in total. The molecule has 0 atom stereocenters. The van der Waals surface area contributed by atoms with Gasteiger partial charge >= 0.3 is 0 Å². The number of aliphatic imine (C=N–C) groups is 1. The highest BCUT2D eigenvalue weighted by molar-refractivity contribution is 8.18. The number of nitrogens with zero attached hydrogens (tertiary/aromatic N) is 2. The van der Waals surface area contributed by atoms with Crippen LogP contribution in [-0.4, -0.2) is 24.2 Å². The van der Waals surface area contributed by atoms with Gasteiger partial charge in [-0.05, 0) is 42.8 Å². The van der Waals surface area contributed by atoms with Crippen molar-refractivity contribution in [1.82, 2.24) is 5.32 Å². The fraction of sp³-hybridized carbons (Fsp3) is 0.222. The summed E-state index contributed by atoms with van der Waals surface area (Å²) in [5, 5.41) is 3.97. The Bertz CT molecular complexity index is 917. The van der Waals surface area contributed by atoms with Crippen molar-refractivity contribution < 1.29 is 9.21 Å². The highest BCUT2D eigenvalue weighted by Gasteiger charge is 2.25. The minimum absolute atomic E-state index is 0.217. The quantitative estimate of drug-likeness (QED) is 0.720. The predicted octanol–water partition coefficient (Wildman–Crippen LogP) is 5.08. The summed E-state index contributed by atoms with van der Waals surface area (Å²) in [7, 11) is 0. The third kappa shape index (κ3) is 3.63. The first kappa shape index (κ1) is 17.5. The first-order chi connectivity index (χ1) is 12.6. The Hall–Kier alpha value is -1.89. The van der Waals surface area contributed by atoms with Crippen LogP contribution in [0.25, 0.3) is 6.08 Å². The summed E-state index contributed by atoms with van der Waals surface area (Å²) in [5.74, 6) is 1.27. The smallest absolute Gasteiger partial charge is 0.264 e. The van der Waals surface area contributed by atoms with Crippen molar-refractivity contribution in [3.8, 4) is 0 Å². The van der Waals surface area contributed by atoms with Gasteiger partial charge in [-0.15, -0.1) is 0 Å². The molecule has 5 nitrogen and oxygen atoms in total. The molecule has 0 spiro atoms. The molecule has 134 valence electrons. The van der Waals surface area contributed by atoms with Crippen molar-refractivity contribution >= 4 is 63.7 Å². The van der Waals surface area contributed by atoms with E-state index >= 15 is 0 Å². The zero-order valence-corrected chi connectivity index (χ0v) is 16.0. The molecule has 2 fully saturated rings. The van der Waals surface area contributed by atoms with Gasteiger partial charge < -0.3 is 14.6 Å². The normalized spacial score (nSPS) is 20.4. The average Bonchev–Trinajstić information content (AvgIpc) is 3.34. The van der Waals surface area contributed by atoms with E-state index in [0.29, 0.717) is 31.6 Å². The van der Waals surface area contributed by atoms with Crippen LogP contribution in [0.5, 0.6) is 0 Å². The van der Waals surface area contributed by atoms with E-state index in [1.165, 1.54) is 24.6 Å². The van der Waals surface area contributed by atoms with Gasteiger partial charge in [-0.3, -0.25) is 4.79 Å². The summed E-state index contributed by atoms with van der Waals surface area (Å²) >= 11 is 13.4. The van der Waals surface area contributed by atoms with Gasteiger partial charge in [0.15, 0.2) is 11.1 Å². The van der Waals surface area contributed by atoms with E-state index in [9.17, 15) is 4.79 Å². The van der Waals surface area contributed by atoms with Crippen LogP contribution in [0.4, 0.5) is 11.6 Å². The lowest BCUT2D eigenvalue weighted by molar-refractivity contribution is -0.115. The Labute approximate surface area is 165 Å². The number of hydrogen-bond acceptors (Lipinski definition) is 5. The van der Waals surface area contributed by atoms with E-state index in [2.05, 4.69) is 15.2 Å². The Morgan fingerprint density at radius 1 is 1.19 bits per heavy atom. The summed E-state index contributed by atoms with van der Waals surface area (Å²) in [6.45, 7) is 2.02. The Balaban J connectivity index is 1.53. The highest BCUT2D eigenvalue weighted by Crippen LogP contribution is 2.35. The first-order valence-corrected chi connectivity index (χ1v) is 9.76. The number of benzene rings is 1. The number of furan rings is 1. The van der Waals surface area contributed by atoms with Crippen LogP contribution in [0.1, 0.15) is 18.6 Å². The van der Waals surface area contributed by atoms with Gasteiger partial charge in [-0.25, -0.2) is 4.99 Å². The van der Waals surface area contributed by atoms with Crippen molar-refractivity contribution in [3.05, 3.63) is 51.0 Å². The topological polar surface area (TPSA) is 57.8 Å². The molecule has 2 aliphatic rings. The fourth-order valence-corrected chi connectivity index (χ4v) is 3.98. The SMILES string of the molecule is O=C1NC(=Nc2cccc(Cl)c2Cl)S/C1=C/c1ccc(N2CCCC2)o1. The molecule has 0 radical (unpaired) electrons. The molecular weight excluding hydrogens is 393 g/mol. The molecule has 4 rings (SSSR count). The fourth-order valence-electron chi connectivity index (χ4n) is 2.83. The minimum atomic E-state index is -0.217. The van der Waals surface area contributed by atoms with Crippen LogP contribution in [-0.2, 0) is 4.79 Å². The molecule has 2 aliphatic heterocycles.